The van der Waals surface area contributed by atoms with Gasteiger partial charge in [-0.1, -0.05) is 23.9 Å². The molecule has 1 atom stereocenters. The van der Waals surface area contributed by atoms with Gasteiger partial charge in [0.25, 0.3) is 11.3 Å². The van der Waals surface area contributed by atoms with Crippen LogP contribution in [0.2, 0.25) is 0 Å². The van der Waals surface area contributed by atoms with E-state index in [1.807, 2.05) is 29.2 Å². The molecule has 0 aliphatic carbocycles. The lowest BCUT2D eigenvalue weighted by Crippen LogP contribution is -2.64. The molecular formula is C18H18N4O4S. The Morgan fingerprint density at radius 2 is 2.04 bits per heavy atom. The lowest BCUT2D eigenvalue weighted by Gasteiger charge is -2.44. The van der Waals surface area contributed by atoms with Crippen LogP contribution in [-0.2, 0) is 9.59 Å². The molecule has 3 amide bonds. The van der Waals surface area contributed by atoms with Gasteiger partial charge in [-0.15, -0.1) is 0 Å². The zero-order chi connectivity index (χ0) is 18.5. The Bertz CT molecular complexity index is 889. The van der Waals surface area contributed by atoms with Crippen molar-refractivity contribution in [2.45, 2.75) is 24.9 Å². The topological polar surface area (TPSA) is 87.0 Å². The average Bonchev–Trinajstić information content (AvgIpc) is 3.33. The molecule has 3 aliphatic rings. The minimum absolute atomic E-state index is 0.0118. The normalized spacial score (nSPS) is 23.6. The smallest absolute Gasteiger partial charge is 0.299 e. The van der Waals surface area contributed by atoms with Crippen LogP contribution < -0.4 is 4.90 Å². The van der Waals surface area contributed by atoms with Crippen LogP contribution in [0.5, 0.6) is 0 Å². The van der Waals surface area contributed by atoms with Gasteiger partial charge in [-0.2, -0.15) is 4.98 Å². The highest BCUT2D eigenvalue weighted by molar-refractivity contribution is 8.14. The van der Waals surface area contributed by atoms with Crippen molar-refractivity contribution in [1.82, 2.24) is 14.8 Å². The van der Waals surface area contributed by atoms with E-state index < -0.39 is 0 Å². The SMILES string of the molecule is O=C([C@H]1CCCN1c1nc2ccccc2o1)N1CC(N2C(=O)CSC2=O)C1. The molecular weight excluding hydrogens is 368 g/mol. The van der Waals surface area contributed by atoms with Gasteiger partial charge >= 0.3 is 0 Å². The third-order valence-corrected chi connectivity index (χ3v) is 6.22. The predicted octanol–water partition coefficient (Wildman–Crippen LogP) is 1.70. The molecule has 27 heavy (non-hydrogen) atoms. The predicted molar refractivity (Wildman–Crippen MR) is 99.4 cm³/mol. The molecule has 4 heterocycles. The molecule has 0 spiro atoms. The number of benzene rings is 1. The van der Waals surface area contributed by atoms with E-state index >= 15 is 0 Å². The summed E-state index contributed by atoms with van der Waals surface area (Å²) >= 11 is 1.03. The number of thioether (sulfide) groups is 1. The molecule has 0 radical (unpaired) electrons. The molecule has 8 nitrogen and oxygen atoms in total. The van der Waals surface area contributed by atoms with Crippen LogP contribution in [0.1, 0.15) is 12.8 Å². The first-order chi connectivity index (χ1) is 13.1. The maximum atomic E-state index is 13.0. The van der Waals surface area contributed by atoms with Crippen LogP contribution in [-0.4, -0.2) is 69.3 Å². The lowest BCUT2D eigenvalue weighted by atomic mass is 10.0. The van der Waals surface area contributed by atoms with Crippen molar-refractivity contribution in [3.63, 3.8) is 0 Å². The first-order valence-corrected chi connectivity index (χ1v) is 10.0. The van der Waals surface area contributed by atoms with Crippen LogP contribution >= 0.6 is 11.8 Å². The number of amides is 3. The molecule has 0 saturated carbocycles. The molecule has 1 aromatic carbocycles. The minimum Gasteiger partial charge on any atom is -0.423 e. The molecule has 140 valence electrons. The molecule has 3 aliphatic heterocycles. The Morgan fingerprint density at radius 3 is 2.78 bits per heavy atom. The molecule has 0 unspecified atom stereocenters. The highest BCUT2D eigenvalue weighted by Gasteiger charge is 2.46. The van der Waals surface area contributed by atoms with Crippen LogP contribution in [0.4, 0.5) is 10.8 Å². The molecule has 3 saturated heterocycles. The van der Waals surface area contributed by atoms with Crippen molar-refractivity contribution in [3.05, 3.63) is 24.3 Å². The van der Waals surface area contributed by atoms with Crippen molar-refractivity contribution in [2.24, 2.45) is 0 Å². The summed E-state index contributed by atoms with van der Waals surface area (Å²) in [6.45, 7) is 1.55. The monoisotopic (exact) mass is 386 g/mol. The van der Waals surface area contributed by atoms with Crippen LogP contribution in [0, 0.1) is 0 Å². The van der Waals surface area contributed by atoms with Gasteiger partial charge in [0.05, 0.1) is 11.8 Å². The minimum atomic E-state index is -0.307. The van der Waals surface area contributed by atoms with Gasteiger partial charge in [0.15, 0.2) is 5.58 Å². The lowest BCUT2D eigenvalue weighted by molar-refractivity contribution is -0.143. The Hall–Kier alpha value is -2.55. The Labute approximate surface area is 159 Å². The van der Waals surface area contributed by atoms with Crippen LogP contribution in [0.15, 0.2) is 28.7 Å². The molecule has 2 aromatic rings. The number of aromatic nitrogens is 1. The van der Waals surface area contributed by atoms with E-state index in [-0.39, 0.29) is 34.9 Å². The second-order valence-corrected chi connectivity index (χ2v) is 7.96. The third-order valence-electron chi connectivity index (χ3n) is 5.39. The van der Waals surface area contributed by atoms with Gasteiger partial charge in [0, 0.05) is 19.6 Å². The maximum absolute atomic E-state index is 13.0. The first kappa shape index (κ1) is 16.6. The van der Waals surface area contributed by atoms with Crippen molar-refractivity contribution >= 4 is 45.9 Å². The highest BCUT2D eigenvalue weighted by Crippen LogP contribution is 2.31. The van der Waals surface area contributed by atoms with Gasteiger partial charge in [0.2, 0.25) is 11.8 Å². The maximum Gasteiger partial charge on any atom is 0.299 e. The molecule has 9 heteroatoms. The summed E-state index contributed by atoms with van der Waals surface area (Å²) in [5, 5.41) is -0.203. The van der Waals surface area contributed by atoms with Crippen molar-refractivity contribution in [2.75, 3.05) is 30.3 Å². The zero-order valence-corrected chi connectivity index (χ0v) is 15.4. The second-order valence-electron chi connectivity index (χ2n) is 7.03. The number of para-hydroxylation sites is 2. The number of anilines is 1. The number of carbonyl (C=O) groups is 3. The summed E-state index contributed by atoms with van der Waals surface area (Å²) in [6.07, 6.45) is 1.64. The van der Waals surface area contributed by atoms with Crippen molar-refractivity contribution < 1.29 is 18.8 Å². The molecule has 3 fully saturated rings. The first-order valence-electron chi connectivity index (χ1n) is 9.01. The number of imide groups is 1. The van der Waals surface area contributed by atoms with E-state index in [1.54, 1.807) is 4.90 Å². The number of carbonyl (C=O) groups excluding carboxylic acids is 3. The van der Waals surface area contributed by atoms with Gasteiger partial charge in [-0.3, -0.25) is 19.3 Å². The summed E-state index contributed by atoms with van der Waals surface area (Å²) in [6, 6.07) is 7.52. The van der Waals surface area contributed by atoms with E-state index in [4.69, 9.17) is 4.42 Å². The van der Waals surface area contributed by atoms with E-state index in [0.717, 1.165) is 36.7 Å². The summed E-state index contributed by atoms with van der Waals surface area (Å²) in [7, 11) is 0. The average molecular weight is 386 g/mol. The number of fused-ring (bicyclic) bond motifs is 1. The zero-order valence-electron chi connectivity index (χ0n) is 14.5. The van der Waals surface area contributed by atoms with Crippen LogP contribution in [0.25, 0.3) is 11.1 Å². The number of hydrogen-bond donors (Lipinski definition) is 0. The molecule has 5 rings (SSSR count). The number of likely N-dealkylation sites (tertiary alicyclic amines) is 1. The van der Waals surface area contributed by atoms with Gasteiger partial charge in [-0.25, -0.2) is 0 Å². The number of hydrogen-bond acceptors (Lipinski definition) is 7. The fraction of sp³-hybridized carbons (Fsp3) is 0.444. The van der Waals surface area contributed by atoms with Gasteiger partial charge in [-0.05, 0) is 25.0 Å². The summed E-state index contributed by atoms with van der Waals surface area (Å²) in [5.41, 5.74) is 1.48. The van der Waals surface area contributed by atoms with Crippen molar-refractivity contribution in [1.29, 1.82) is 0 Å². The standard InChI is InChI=1S/C18H18N4O4S/c23-15-10-27-18(25)22(15)11-8-20(9-11)16(24)13-5-3-7-21(13)17-19-12-4-1-2-6-14(12)26-17/h1-2,4,6,11,13H,3,5,7-10H2/t13-/m1/s1. The number of nitrogens with zero attached hydrogens (tertiary/aromatic N) is 4. The van der Waals surface area contributed by atoms with E-state index in [2.05, 4.69) is 4.98 Å². The quantitative estimate of drug-likeness (QED) is 0.793. The number of oxazole rings is 1. The summed E-state index contributed by atoms with van der Waals surface area (Å²) in [5.74, 6) is 0.0611. The van der Waals surface area contributed by atoms with Crippen molar-refractivity contribution in [3.8, 4) is 0 Å². The van der Waals surface area contributed by atoms with Gasteiger partial charge in [0.1, 0.15) is 11.6 Å². The Balaban J connectivity index is 1.29. The highest BCUT2D eigenvalue weighted by atomic mass is 32.2. The Morgan fingerprint density at radius 1 is 1.22 bits per heavy atom. The van der Waals surface area contributed by atoms with Gasteiger partial charge < -0.3 is 14.2 Å². The third kappa shape index (κ3) is 2.68. The van der Waals surface area contributed by atoms with Crippen LogP contribution in [0.3, 0.4) is 0 Å². The fourth-order valence-corrected chi connectivity index (χ4v) is 4.74. The fourth-order valence-electron chi connectivity index (χ4n) is 3.96. The van der Waals surface area contributed by atoms with E-state index in [9.17, 15) is 14.4 Å². The van der Waals surface area contributed by atoms with E-state index in [1.165, 1.54) is 4.90 Å². The molecule has 0 N–H and O–H groups in total. The van der Waals surface area contributed by atoms with E-state index in [0.29, 0.717) is 24.7 Å². The molecule has 0 bridgehead atoms. The molecule has 1 aromatic heterocycles. The summed E-state index contributed by atoms with van der Waals surface area (Å²) < 4.78 is 5.84. The second kappa shape index (κ2) is 6.26. The summed E-state index contributed by atoms with van der Waals surface area (Å²) in [4.78, 5) is 46.1. The largest absolute Gasteiger partial charge is 0.423 e. The Kier molecular flexibility index (Phi) is 3.85. The number of rotatable bonds is 3.